The number of nitrogens with one attached hydrogen (secondary N) is 2. The van der Waals surface area contributed by atoms with E-state index in [9.17, 15) is 4.79 Å². The van der Waals surface area contributed by atoms with Gasteiger partial charge in [0, 0.05) is 12.1 Å². The zero-order valence-corrected chi connectivity index (χ0v) is 15.1. The van der Waals surface area contributed by atoms with Crippen LogP contribution < -0.4 is 5.32 Å². The molecule has 0 bridgehead atoms. The molecule has 0 radical (unpaired) electrons. The van der Waals surface area contributed by atoms with E-state index in [1.807, 2.05) is 12.3 Å². The molecule has 0 aromatic carbocycles. The molecule has 3 aromatic rings. The van der Waals surface area contributed by atoms with E-state index in [1.165, 1.54) is 0 Å². The molecule has 9 heteroatoms. The fourth-order valence-corrected chi connectivity index (χ4v) is 4.25. The van der Waals surface area contributed by atoms with Crippen LogP contribution in [-0.2, 0) is 9.47 Å². The van der Waals surface area contributed by atoms with Crippen LogP contribution >= 0.6 is 0 Å². The molecule has 3 unspecified atom stereocenters. The number of H-pyrrole nitrogens is 1. The Morgan fingerprint density at radius 1 is 1.41 bits per heavy atom. The molecule has 5 rings (SSSR count). The molecule has 0 spiro atoms. The normalized spacial score (nSPS) is 25.7. The molecule has 1 amide bonds. The average molecular weight is 370 g/mol. The van der Waals surface area contributed by atoms with Gasteiger partial charge in [-0.15, -0.1) is 10.2 Å². The summed E-state index contributed by atoms with van der Waals surface area (Å²) in [5, 5.41) is 11.6. The van der Waals surface area contributed by atoms with E-state index >= 15 is 0 Å². The third-order valence-corrected chi connectivity index (χ3v) is 5.71. The number of carbonyl (C=O) groups excluding carboxylic acids is 1. The Morgan fingerprint density at radius 3 is 3.07 bits per heavy atom. The minimum absolute atomic E-state index is 0.0755. The molecule has 2 N–H and O–H groups in total. The Balaban J connectivity index is 1.40. The number of fused-ring (bicyclic) bond motifs is 3. The van der Waals surface area contributed by atoms with Gasteiger partial charge in [-0.1, -0.05) is 13.3 Å². The summed E-state index contributed by atoms with van der Waals surface area (Å²) in [6, 6.07) is 2.06. The Hall–Kier alpha value is -2.68. The van der Waals surface area contributed by atoms with Gasteiger partial charge in [0.05, 0.1) is 31.0 Å². The van der Waals surface area contributed by atoms with Gasteiger partial charge in [0.2, 0.25) is 0 Å². The first-order chi connectivity index (χ1) is 13.2. The first-order valence-corrected chi connectivity index (χ1v) is 9.45. The van der Waals surface area contributed by atoms with Gasteiger partial charge in [-0.25, -0.2) is 9.78 Å². The highest BCUT2D eigenvalue weighted by Crippen LogP contribution is 2.42. The summed E-state index contributed by atoms with van der Waals surface area (Å²) in [6.45, 7) is 3.29. The van der Waals surface area contributed by atoms with Gasteiger partial charge >= 0.3 is 6.09 Å². The first kappa shape index (κ1) is 16.5. The minimum Gasteiger partial charge on any atom is -0.446 e. The van der Waals surface area contributed by atoms with Gasteiger partial charge in [-0.2, -0.15) is 0 Å². The largest absolute Gasteiger partial charge is 0.446 e. The number of hydrogen-bond donors (Lipinski definition) is 2. The number of nitrogens with zero attached hydrogens (tertiary/aromatic N) is 4. The Kier molecular flexibility index (Phi) is 3.96. The maximum atomic E-state index is 12.1. The zero-order chi connectivity index (χ0) is 18.4. The smallest absolute Gasteiger partial charge is 0.407 e. The van der Waals surface area contributed by atoms with Gasteiger partial charge in [-0.05, 0) is 24.8 Å². The van der Waals surface area contributed by atoms with Crippen LogP contribution in [0.5, 0.6) is 0 Å². The molecule has 142 valence electrons. The predicted molar refractivity (Wildman–Crippen MR) is 96.4 cm³/mol. The summed E-state index contributed by atoms with van der Waals surface area (Å²) < 4.78 is 12.8. The molecule has 1 aliphatic heterocycles. The van der Waals surface area contributed by atoms with Crippen LogP contribution in [0, 0.1) is 5.92 Å². The topological polar surface area (TPSA) is 106 Å². The lowest BCUT2D eigenvalue weighted by Crippen LogP contribution is -2.49. The van der Waals surface area contributed by atoms with Crippen molar-refractivity contribution in [2.45, 2.75) is 44.2 Å². The van der Waals surface area contributed by atoms with Crippen LogP contribution in [0.25, 0.3) is 16.8 Å². The molecule has 4 heterocycles. The van der Waals surface area contributed by atoms with E-state index in [0.717, 1.165) is 41.9 Å². The highest BCUT2D eigenvalue weighted by molar-refractivity contribution is 5.74. The Bertz CT molecular complexity index is 978. The molecule has 1 saturated carbocycles. The quantitative estimate of drug-likeness (QED) is 0.727. The van der Waals surface area contributed by atoms with E-state index in [0.29, 0.717) is 19.1 Å². The maximum absolute atomic E-state index is 12.1. The molecule has 2 aliphatic rings. The van der Waals surface area contributed by atoms with Crippen LogP contribution in [0.2, 0.25) is 0 Å². The van der Waals surface area contributed by atoms with Crippen LogP contribution in [0.15, 0.2) is 18.5 Å². The number of carbonyl (C=O) groups is 1. The lowest BCUT2D eigenvalue weighted by Gasteiger charge is -2.27. The highest BCUT2D eigenvalue weighted by Gasteiger charge is 2.39. The van der Waals surface area contributed by atoms with Crippen molar-refractivity contribution in [1.82, 2.24) is 29.9 Å². The third-order valence-electron chi connectivity index (χ3n) is 5.71. The molecule has 9 nitrogen and oxygen atoms in total. The first-order valence-electron chi connectivity index (χ1n) is 9.45. The van der Waals surface area contributed by atoms with Gasteiger partial charge in [0.25, 0.3) is 0 Å². The van der Waals surface area contributed by atoms with Crippen molar-refractivity contribution in [1.29, 1.82) is 0 Å². The number of amides is 1. The number of aromatic amines is 1. The summed E-state index contributed by atoms with van der Waals surface area (Å²) in [7, 11) is 0. The number of ether oxygens (including phenoxy) is 2. The van der Waals surface area contributed by atoms with Crippen molar-refractivity contribution in [3.63, 3.8) is 0 Å². The molecule has 3 aromatic heterocycles. The second-order valence-electron chi connectivity index (χ2n) is 7.37. The summed E-state index contributed by atoms with van der Waals surface area (Å²) in [5.74, 6) is 1.50. The van der Waals surface area contributed by atoms with Crippen molar-refractivity contribution < 1.29 is 14.3 Å². The fourth-order valence-electron chi connectivity index (χ4n) is 4.25. The summed E-state index contributed by atoms with van der Waals surface area (Å²) in [6.07, 6.45) is 5.72. The second-order valence-corrected chi connectivity index (χ2v) is 7.37. The molecular formula is C18H22N6O3. The molecule has 27 heavy (non-hydrogen) atoms. The van der Waals surface area contributed by atoms with Crippen LogP contribution in [0.3, 0.4) is 0 Å². The number of rotatable bonds is 4. The van der Waals surface area contributed by atoms with Gasteiger partial charge in [0.15, 0.2) is 11.3 Å². The molecule has 1 saturated heterocycles. The van der Waals surface area contributed by atoms with Gasteiger partial charge in [-0.3, -0.25) is 4.40 Å². The highest BCUT2D eigenvalue weighted by atomic mass is 16.6. The van der Waals surface area contributed by atoms with Crippen molar-refractivity contribution in [2.24, 2.45) is 5.92 Å². The van der Waals surface area contributed by atoms with Crippen LogP contribution in [0.4, 0.5) is 4.79 Å². The van der Waals surface area contributed by atoms with Crippen molar-refractivity contribution in [3.05, 3.63) is 24.3 Å². The molecule has 1 aliphatic carbocycles. The number of hydrogen-bond acceptors (Lipinski definition) is 6. The standard InChI is InChI=1S/C18H22N6O3/c1-2-10-5-12(27-18(25)21-11-8-26-9-11)6-13(10)17-23-22-15-7-20-16-14(24(15)17)3-4-19-16/h3-4,7,10-13,19H,2,5-6,8-9H2,1H3,(H,21,25). The van der Waals surface area contributed by atoms with E-state index in [2.05, 4.69) is 36.8 Å². The summed E-state index contributed by atoms with van der Waals surface area (Å²) in [5.41, 5.74) is 2.51. The van der Waals surface area contributed by atoms with Crippen molar-refractivity contribution in [3.8, 4) is 0 Å². The minimum atomic E-state index is -0.355. The molecule has 2 fully saturated rings. The van der Waals surface area contributed by atoms with Crippen LogP contribution in [-0.4, -0.2) is 56.0 Å². The number of alkyl carbamates (subject to hydrolysis) is 1. The van der Waals surface area contributed by atoms with Gasteiger partial charge < -0.3 is 19.8 Å². The van der Waals surface area contributed by atoms with E-state index in [4.69, 9.17) is 9.47 Å². The predicted octanol–water partition coefficient (Wildman–Crippen LogP) is 2.00. The van der Waals surface area contributed by atoms with Crippen LogP contribution in [0.1, 0.15) is 37.9 Å². The SMILES string of the molecule is CCC1CC(OC(=O)NC2COC2)CC1c1nnc2cnc3[nH]ccc3n12. The van der Waals surface area contributed by atoms with E-state index in [-0.39, 0.29) is 24.2 Å². The maximum Gasteiger partial charge on any atom is 0.407 e. The lowest BCUT2D eigenvalue weighted by molar-refractivity contribution is -0.00845. The van der Waals surface area contributed by atoms with E-state index in [1.54, 1.807) is 6.20 Å². The van der Waals surface area contributed by atoms with Crippen molar-refractivity contribution >= 4 is 22.9 Å². The molecule has 3 atom stereocenters. The Labute approximate surface area is 155 Å². The molecular weight excluding hydrogens is 348 g/mol. The fraction of sp³-hybridized carbons (Fsp3) is 0.556. The summed E-state index contributed by atoms with van der Waals surface area (Å²) >= 11 is 0. The lowest BCUT2D eigenvalue weighted by atomic mass is 9.93. The third kappa shape index (κ3) is 2.82. The summed E-state index contributed by atoms with van der Waals surface area (Å²) in [4.78, 5) is 19.6. The monoisotopic (exact) mass is 370 g/mol. The average Bonchev–Trinajstić information content (AvgIpc) is 3.34. The second kappa shape index (κ2) is 6.49. The number of aromatic nitrogens is 5. The van der Waals surface area contributed by atoms with Crippen molar-refractivity contribution in [2.75, 3.05) is 13.2 Å². The van der Waals surface area contributed by atoms with Gasteiger partial charge in [0.1, 0.15) is 11.9 Å². The Morgan fingerprint density at radius 2 is 2.30 bits per heavy atom. The van der Waals surface area contributed by atoms with E-state index < -0.39 is 0 Å². The zero-order valence-electron chi connectivity index (χ0n) is 15.1.